The smallest absolute Gasteiger partial charge is 0.0461 e. The van der Waals surface area contributed by atoms with Gasteiger partial charge in [0.15, 0.2) is 0 Å². The van der Waals surface area contributed by atoms with Gasteiger partial charge in [-0.15, -0.1) is 0 Å². The van der Waals surface area contributed by atoms with Crippen molar-refractivity contribution in [3.8, 4) is 0 Å². The Morgan fingerprint density at radius 2 is 2.29 bits per heavy atom. The van der Waals surface area contributed by atoms with Crippen LogP contribution in [0.15, 0.2) is 22.7 Å². The summed E-state index contributed by atoms with van der Waals surface area (Å²) in [5, 5.41) is 3.53. The average molecular weight is 255 g/mol. The zero-order chi connectivity index (χ0) is 10.2. The van der Waals surface area contributed by atoms with Gasteiger partial charge < -0.3 is 11.1 Å². The highest BCUT2D eigenvalue weighted by molar-refractivity contribution is 9.10. The van der Waals surface area contributed by atoms with Crippen molar-refractivity contribution in [2.75, 3.05) is 12.3 Å². The molecule has 2 nitrogen and oxygen atoms in total. The van der Waals surface area contributed by atoms with E-state index in [1.807, 2.05) is 6.07 Å². The summed E-state index contributed by atoms with van der Waals surface area (Å²) in [5.74, 6) is 0. The highest BCUT2D eigenvalue weighted by Crippen LogP contribution is 2.33. The Bertz CT molecular complexity index is 343. The predicted molar refractivity (Wildman–Crippen MR) is 63.1 cm³/mol. The van der Waals surface area contributed by atoms with Gasteiger partial charge in [-0.25, -0.2) is 0 Å². The van der Waals surface area contributed by atoms with Crippen molar-refractivity contribution in [1.82, 2.24) is 5.32 Å². The molecular weight excluding hydrogens is 240 g/mol. The molecule has 0 bridgehead atoms. The lowest BCUT2D eigenvalue weighted by Crippen LogP contribution is -2.33. The minimum absolute atomic E-state index is 0.120. The van der Waals surface area contributed by atoms with Crippen molar-refractivity contribution in [2.24, 2.45) is 0 Å². The summed E-state index contributed by atoms with van der Waals surface area (Å²) in [4.78, 5) is 0. The van der Waals surface area contributed by atoms with E-state index in [2.05, 4.69) is 40.3 Å². The van der Waals surface area contributed by atoms with E-state index in [-0.39, 0.29) is 5.54 Å². The third-order valence-electron chi connectivity index (χ3n) is 3.00. The van der Waals surface area contributed by atoms with Crippen LogP contribution in [0.4, 0.5) is 5.69 Å². The fraction of sp³-hybridized carbons (Fsp3) is 0.455. The summed E-state index contributed by atoms with van der Waals surface area (Å²) in [7, 11) is 0. The molecular formula is C11H15BrN2. The molecule has 3 heteroatoms. The molecule has 1 saturated heterocycles. The Balaban J connectivity index is 2.36. The van der Waals surface area contributed by atoms with E-state index < -0.39 is 0 Å². The van der Waals surface area contributed by atoms with Crippen LogP contribution in [0.25, 0.3) is 0 Å². The van der Waals surface area contributed by atoms with Gasteiger partial charge in [-0.1, -0.05) is 6.07 Å². The van der Waals surface area contributed by atoms with E-state index in [1.54, 1.807) is 0 Å². The number of benzene rings is 1. The molecule has 0 aliphatic carbocycles. The lowest BCUT2D eigenvalue weighted by molar-refractivity contribution is 0.435. The van der Waals surface area contributed by atoms with Gasteiger partial charge in [0.25, 0.3) is 0 Å². The number of nitrogens with two attached hydrogens (primary N) is 1. The normalized spacial score (nSPS) is 26.7. The second kappa shape index (κ2) is 3.55. The van der Waals surface area contributed by atoms with E-state index in [0.717, 1.165) is 16.7 Å². The van der Waals surface area contributed by atoms with Crippen molar-refractivity contribution in [1.29, 1.82) is 0 Å². The Morgan fingerprint density at radius 1 is 1.50 bits per heavy atom. The zero-order valence-electron chi connectivity index (χ0n) is 8.31. The molecule has 3 N–H and O–H groups in total. The van der Waals surface area contributed by atoms with Gasteiger partial charge in [0.2, 0.25) is 0 Å². The summed E-state index contributed by atoms with van der Waals surface area (Å²) >= 11 is 3.41. The fourth-order valence-corrected chi connectivity index (χ4v) is 2.27. The van der Waals surface area contributed by atoms with Crippen LogP contribution in [0.1, 0.15) is 25.3 Å². The maximum atomic E-state index is 5.87. The molecule has 1 atom stereocenters. The predicted octanol–water partition coefficient (Wildman–Crippen LogP) is 2.63. The fourth-order valence-electron chi connectivity index (χ4n) is 2.03. The maximum absolute atomic E-state index is 5.87. The van der Waals surface area contributed by atoms with Gasteiger partial charge in [0.1, 0.15) is 0 Å². The molecule has 0 spiro atoms. The minimum atomic E-state index is 0.120. The summed E-state index contributed by atoms with van der Waals surface area (Å²) in [6, 6.07) is 6.22. The molecule has 1 aliphatic rings. The van der Waals surface area contributed by atoms with Crippen LogP contribution >= 0.6 is 15.9 Å². The molecule has 14 heavy (non-hydrogen) atoms. The summed E-state index contributed by atoms with van der Waals surface area (Å²) < 4.78 is 0.975. The first-order valence-corrected chi connectivity index (χ1v) is 5.72. The van der Waals surface area contributed by atoms with E-state index in [0.29, 0.717) is 0 Å². The van der Waals surface area contributed by atoms with E-state index in [9.17, 15) is 0 Å². The van der Waals surface area contributed by atoms with Crippen LogP contribution in [0.5, 0.6) is 0 Å². The molecule has 2 rings (SSSR count). The Labute approximate surface area is 93.0 Å². The highest BCUT2D eigenvalue weighted by atomic mass is 79.9. The van der Waals surface area contributed by atoms with E-state index in [4.69, 9.17) is 5.73 Å². The van der Waals surface area contributed by atoms with Gasteiger partial charge in [-0.2, -0.15) is 0 Å². The standard InChI is InChI=1S/C11H15BrN2/c1-11(5-2-6-14-11)8-3-4-9(12)10(13)7-8/h3-4,7,14H,2,5-6,13H2,1H3. The number of nitrogen functional groups attached to an aromatic ring is 1. The van der Waals surface area contributed by atoms with Crippen molar-refractivity contribution in [3.05, 3.63) is 28.2 Å². The lowest BCUT2D eigenvalue weighted by atomic mass is 9.90. The first kappa shape index (κ1) is 9.99. The second-order valence-corrected chi connectivity index (χ2v) is 4.95. The number of hydrogen-bond acceptors (Lipinski definition) is 2. The highest BCUT2D eigenvalue weighted by Gasteiger charge is 2.29. The van der Waals surface area contributed by atoms with Crippen molar-refractivity contribution < 1.29 is 0 Å². The SMILES string of the molecule is CC1(c2ccc(Br)c(N)c2)CCCN1. The van der Waals surface area contributed by atoms with E-state index in [1.165, 1.54) is 18.4 Å². The van der Waals surface area contributed by atoms with Gasteiger partial charge in [-0.05, 0) is 59.9 Å². The number of rotatable bonds is 1. The Hall–Kier alpha value is -0.540. The summed E-state index contributed by atoms with van der Waals surface area (Å²) in [5.41, 5.74) is 8.10. The lowest BCUT2D eigenvalue weighted by Gasteiger charge is -2.25. The molecule has 0 saturated carbocycles. The molecule has 1 fully saturated rings. The molecule has 1 aromatic rings. The molecule has 1 unspecified atom stereocenters. The molecule has 0 radical (unpaired) electrons. The second-order valence-electron chi connectivity index (χ2n) is 4.10. The molecule has 0 amide bonds. The third-order valence-corrected chi connectivity index (χ3v) is 3.72. The van der Waals surface area contributed by atoms with Crippen molar-refractivity contribution in [2.45, 2.75) is 25.3 Å². The number of anilines is 1. The molecule has 1 aromatic carbocycles. The number of nitrogens with one attached hydrogen (secondary N) is 1. The maximum Gasteiger partial charge on any atom is 0.0461 e. The zero-order valence-corrected chi connectivity index (χ0v) is 9.89. The van der Waals surface area contributed by atoms with Crippen LogP contribution in [0.3, 0.4) is 0 Å². The van der Waals surface area contributed by atoms with Gasteiger partial charge in [0, 0.05) is 15.7 Å². The third kappa shape index (κ3) is 1.66. The minimum Gasteiger partial charge on any atom is -0.398 e. The van der Waals surface area contributed by atoms with Gasteiger partial charge in [0.05, 0.1) is 0 Å². The molecule has 1 aliphatic heterocycles. The Kier molecular flexibility index (Phi) is 2.54. The van der Waals surface area contributed by atoms with Gasteiger partial charge in [-0.3, -0.25) is 0 Å². The molecule has 1 heterocycles. The van der Waals surface area contributed by atoms with Crippen LogP contribution in [-0.4, -0.2) is 6.54 Å². The van der Waals surface area contributed by atoms with Crippen LogP contribution in [0, 0.1) is 0 Å². The van der Waals surface area contributed by atoms with Crippen LogP contribution in [0.2, 0.25) is 0 Å². The quantitative estimate of drug-likeness (QED) is 0.757. The molecule has 0 aromatic heterocycles. The molecule has 76 valence electrons. The first-order valence-electron chi connectivity index (χ1n) is 4.92. The number of hydrogen-bond donors (Lipinski definition) is 2. The van der Waals surface area contributed by atoms with Crippen molar-refractivity contribution in [3.63, 3.8) is 0 Å². The Morgan fingerprint density at radius 3 is 2.86 bits per heavy atom. The monoisotopic (exact) mass is 254 g/mol. The summed E-state index contributed by atoms with van der Waals surface area (Å²) in [6.07, 6.45) is 2.43. The average Bonchev–Trinajstić information content (AvgIpc) is 2.58. The number of halogens is 1. The van der Waals surface area contributed by atoms with Crippen LogP contribution in [-0.2, 0) is 5.54 Å². The largest absolute Gasteiger partial charge is 0.398 e. The van der Waals surface area contributed by atoms with E-state index >= 15 is 0 Å². The van der Waals surface area contributed by atoms with Crippen LogP contribution < -0.4 is 11.1 Å². The topological polar surface area (TPSA) is 38.0 Å². The summed E-state index contributed by atoms with van der Waals surface area (Å²) in [6.45, 7) is 3.34. The van der Waals surface area contributed by atoms with Gasteiger partial charge >= 0.3 is 0 Å². The first-order chi connectivity index (χ1) is 6.62. The van der Waals surface area contributed by atoms with Crippen molar-refractivity contribution >= 4 is 21.6 Å².